The van der Waals surface area contributed by atoms with E-state index in [0.29, 0.717) is 11.7 Å². The highest BCUT2D eigenvalue weighted by molar-refractivity contribution is 9.10. The normalized spacial score (nSPS) is 21.4. The molecule has 1 aromatic rings. The monoisotopic (exact) mass is 353 g/mol. The average molecular weight is 354 g/mol. The Morgan fingerprint density at radius 1 is 1.38 bits per heavy atom. The van der Waals surface area contributed by atoms with Crippen LogP contribution in [0.3, 0.4) is 0 Å². The molecule has 1 saturated carbocycles. The number of carbonyl (C=O) groups excluding carboxylic acids is 3. The summed E-state index contributed by atoms with van der Waals surface area (Å²) in [7, 11) is 0. The summed E-state index contributed by atoms with van der Waals surface area (Å²) in [6.07, 6.45) is 3.97. The van der Waals surface area contributed by atoms with Crippen LogP contribution in [0, 0.1) is 0 Å². The molecule has 1 saturated heterocycles. The largest absolute Gasteiger partial charge is 0.339 e. The second-order valence-electron chi connectivity index (χ2n) is 6.01. The average Bonchev–Trinajstić information content (AvgIpc) is 3.16. The minimum absolute atomic E-state index is 0.106. The Morgan fingerprint density at radius 2 is 2.05 bits per heavy atom. The van der Waals surface area contributed by atoms with Gasteiger partial charge < -0.3 is 9.47 Å². The second kappa shape index (κ2) is 4.69. The van der Waals surface area contributed by atoms with Crippen molar-refractivity contribution in [1.82, 2.24) is 14.8 Å². The quantitative estimate of drug-likeness (QED) is 0.818. The summed E-state index contributed by atoms with van der Waals surface area (Å²) in [5.41, 5.74) is -0.532. The van der Waals surface area contributed by atoms with Gasteiger partial charge >= 0.3 is 0 Å². The van der Waals surface area contributed by atoms with Gasteiger partial charge in [0, 0.05) is 16.7 Å². The number of aromatic nitrogens is 1. The first-order valence-electron chi connectivity index (χ1n) is 6.84. The number of rotatable bonds is 2. The first kappa shape index (κ1) is 14.3. The van der Waals surface area contributed by atoms with Crippen LogP contribution in [0.25, 0.3) is 0 Å². The Labute approximate surface area is 130 Å². The predicted molar refractivity (Wildman–Crippen MR) is 78.7 cm³/mol. The van der Waals surface area contributed by atoms with Crippen LogP contribution in [0.15, 0.2) is 16.7 Å². The molecule has 0 aromatic carbocycles. The summed E-state index contributed by atoms with van der Waals surface area (Å²) in [5, 5.41) is 2.27. The standard InChI is InChI=1S/C14H16BrN3O3/c1-14(2)13(21)16-11(19)7-18(14)12(20)10-5-8(15)6-17(10)9-3-4-9/h5-6,9H,3-4,7H2,1-2H3,(H,16,19,21). The van der Waals surface area contributed by atoms with E-state index in [2.05, 4.69) is 21.2 Å². The highest BCUT2D eigenvalue weighted by Crippen LogP contribution is 2.38. The van der Waals surface area contributed by atoms with E-state index in [4.69, 9.17) is 0 Å². The first-order valence-corrected chi connectivity index (χ1v) is 7.63. The van der Waals surface area contributed by atoms with Crippen LogP contribution in [-0.2, 0) is 9.59 Å². The van der Waals surface area contributed by atoms with Crippen molar-refractivity contribution in [3.8, 4) is 0 Å². The SMILES string of the molecule is CC1(C)C(=O)NC(=O)CN1C(=O)c1cc(Br)cn1C1CC1. The third-order valence-electron chi connectivity index (χ3n) is 4.00. The van der Waals surface area contributed by atoms with Gasteiger partial charge in [0.15, 0.2) is 0 Å². The lowest BCUT2D eigenvalue weighted by Crippen LogP contribution is -2.65. The lowest BCUT2D eigenvalue weighted by atomic mass is 9.98. The molecule has 2 fully saturated rings. The molecule has 0 bridgehead atoms. The van der Waals surface area contributed by atoms with Crippen molar-refractivity contribution in [2.24, 2.45) is 0 Å². The van der Waals surface area contributed by atoms with Gasteiger partial charge in [0.2, 0.25) is 5.91 Å². The first-order chi connectivity index (χ1) is 9.80. The van der Waals surface area contributed by atoms with Crippen LogP contribution in [0.5, 0.6) is 0 Å². The van der Waals surface area contributed by atoms with Crippen molar-refractivity contribution < 1.29 is 14.4 Å². The van der Waals surface area contributed by atoms with Gasteiger partial charge in [0.05, 0.1) is 0 Å². The van der Waals surface area contributed by atoms with Crippen molar-refractivity contribution in [1.29, 1.82) is 0 Å². The summed E-state index contributed by atoms with van der Waals surface area (Å²) < 4.78 is 2.75. The van der Waals surface area contributed by atoms with Crippen molar-refractivity contribution >= 4 is 33.7 Å². The zero-order chi connectivity index (χ0) is 15.4. The zero-order valence-electron chi connectivity index (χ0n) is 11.9. The molecule has 0 spiro atoms. The fraction of sp³-hybridized carbons (Fsp3) is 0.500. The topological polar surface area (TPSA) is 71.4 Å². The van der Waals surface area contributed by atoms with Gasteiger partial charge in [0.25, 0.3) is 11.8 Å². The Kier molecular flexibility index (Phi) is 3.20. The molecule has 0 unspecified atom stereocenters. The minimum Gasteiger partial charge on any atom is -0.339 e. The molecule has 2 heterocycles. The Bertz CT molecular complexity index is 646. The number of hydrogen-bond acceptors (Lipinski definition) is 3. The molecule has 1 aromatic heterocycles. The van der Waals surface area contributed by atoms with Crippen LogP contribution < -0.4 is 5.32 Å². The fourth-order valence-corrected chi connectivity index (χ4v) is 2.96. The summed E-state index contributed by atoms with van der Waals surface area (Å²) in [6.45, 7) is 3.18. The number of hydrogen-bond donors (Lipinski definition) is 1. The van der Waals surface area contributed by atoms with E-state index >= 15 is 0 Å². The smallest absolute Gasteiger partial charge is 0.271 e. The number of nitrogens with zero attached hydrogens (tertiary/aromatic N) is 2. The predicted octanol–water partition coefficient (Wildman–Crippen LogP) is 1.46. The summed E-state index contributed by atoms with van der Waals surface area (Å²) in [6, 6.07) is 2.08. The molecule has 3 amide bonds. The molecule has 3 rings (SSSR count). The summed E-state index contributed by atoms with van der Waals surface area (Å²) in [5.74, 6) is -1.19. The zero-order valence-corrected chi connectivity index (χ0v) is 13.4. The van der Waals surface area contributed by atoms with Crippen LogP contribution in [0.2, 0.25) is 0 Å². The fourth-order valence-electron chi connectivity index (χ4n) is 2.52. The van der Waals surface area contributed by atoms with Gasteiger partial charge in [0.1, 0.15) is 17.8 Å². The van der Waals surface area contributed by atoms with Crippen molar-refractivity contribution in [3.63, 3.8) is 0 Å². The number of carbonyl (C=O) groups is 3. The van der Waals surface area contributed by atoms with Gasteiger partial charge in [-0.3, -0.25) is 19.7 Å². The molecule has 2 aliphatic rings. The van der Waals surface area contributed by atoms with E-state index in [0.717, 1.165) is 17.3 Å². The van der Waals surface area contributed by atoms with Crippen molar-refractivity contribution in [3.05, 3.63) is 22.4 Å². The van der Waals surface area contributed by atoms with Crippen LogP contribution in [0.1, 0.15) is 43.2 Å². The lowest BCUT2D eigenvalue weighted by molar-refractivity contribution is -0.143. The maximum Gasteiger partial charge on any atom is 0.271 e. The molecule has 0 radical (unpaired) electrons. The highest BCUT2D eigenvalue weighted by atomic mass is 79.9. The van der Waals surface area contributed by atoms with E-state index < -0.39 is 17.4 Å². The molecule has 21 heavy (non-hydrogen) atoms. The molecule has 1 aliphatic heterocycles. The number of halogens is 1. The number of amides is 3. The molecular formula is C14H16BrN3O3. The highest BCUT2D eigenvalue weighted by Gasteiger charge is 2.44. The van der Waals surface area contributed by atoms with Gasteiger partial charge in [-0.1, -0.05) is 0 Å². The third kappa shape index (κ3) is 2.39. The maximum absolute atomic E-state index is 12.8. The second-order valence-corrected chi connectivity index (χ2v) is 6.93. The van der Waals surface area contributed by atoms with Crippen LogP contribution >= 0.6 is 15.9 Å². The molecule has 1 N–H and O–H groups in total. The number of imide groups is 1. The number of piperazine rings is 1. The summed E-state index contributed by atoms with van der Waals surface area (Å²) >= 11 is 3.39. The van der Waals surface area contributed by atoms with E-state index in [1.54, 1.807) is 19.9 Å². The molecule has 1 aliphatic carbocycles. The van der Waals surface area contributed by atoms with E-state index in [-0.39, 0.29) is 12.5 Å². The molecule has 7 heteroatoms. The van der Waals surface area contributed by atoms with Gasteiger partial charge in [-0.05, 0) is 48.7 Å². The molecule has 112 valence electrons. The molecule has 0 atom stereocenters. The van der Waals surface area contributed by atoms with E-state index in [9.17, 15) is 14.4 Å². The van der Waals surface area contributed by atoms with E-state index in [1.165, 1.54) is 4.90 Å². The molecule has 6 nitrogen and oxygen atoms in total. The van der Waals surface area contributed by atoms with Crippen LogP contribution in [-0.4, -0.2) is 39.3 Å². The number of nitrogens with one attached hydrogen (secondary N) is 1. The maximum atomic E-state index is 12.8. The minimum atomic E-state index is -1.05. The Morgan fingerprint density at radius 3 is 2.67 bits per heavy atom. The Hall–Kier alpha value is -1.63. The van der Waals surface area contributed by atoms with Crippen LogP contribution in [0.4, 0.5) is 0 Å². The molecular weight excluding hydrogens is 338 g/mol. The third-order valence-corrected chi connectivity index (χ3v) is 4.44. The van der Waals surface area contributed by atoms with Crippen molar-refractivity contribution in [2.75, 3.05) is 6.54 Å². The van der Waals surface area contributed by atoms with Crippen molar-refractivity contribution in [2.45, 2.75) is 38.3 Å². The van der Waals surface area contributed by atoms with E-state index in [1.807, 2.05) is 10.8 Å². The van der Waals surface area contributed by atoms with Gasteiger partial charge in [-0.25, -0.2) is 0 Å². The van der Waals surface area contributed by atoms with Gasteiger partial charge in [-0.2, -0.15) is 0 Å². The Balaban J connectivity index is 1.97. The van der Waals surface area contributed by atoms with Gasteiger partial charge in [-0.15, -0.1) is 0 Å². The lowest BCUT2D eigenvalue weighted by Gasteiger charge is -2.40. The summed E-state index contributed by atoms with van der Waals surface area (Å²) in [4.78, 5) is 37.7.